The molecule has 1 aliphatic rings. The van der Waals surface area contributed by atoms with Gasteiger partial charge in [0.15, 0.2) is 0 Å². The molecule has 1 N–H and O–H groups in total. The lowest BCUT2D eigenvalue weighted by atomic mass is 10.2. The molecule has 0 aromatic heterocycles. The zero-order valence-electron chi connectivity index (χ0n) is 10.8. The lowest BCUT2D eigenvalue weighted by Gasteiger charge is -2.31. The first-order valence-corrected chi connectivity index (χ1v) is 6.00. The quantitative estimate of drug-likeness (QED) is 0.838. The average molecular weight is 282 g/mol. The molecule has 0 aromatic carbocycles. The van der Waals surface area contributed by atoms with Crippen LogP contribution in [0.1, 0.15) is 26.2 Å². The van der Waals surface area contributed by atoms with Crippen LogP contribution < -0.4 is 0 Å². The molecule has 8 heteroatoms. The number of halogens is 3. The summed E-state index contributed by atoms with van der Waals surface area (Å²) in [7, 11) is 1.22. The van der Waals surface area contributed by atoms with Gasteiger partial charge in [0, 0.05) is 13.1 Å². The molecular weight excluding hydrogens is 265 g/mol. The predicted molar refractivity (Wildman–Crippen MR) is 60.7 cm³/mol. The van der Waals surface area contributed by atoms with Crippen molar-refractivity contribution in [2.24, 2.45) is 0 Å². The summed E-state index contributed by atoms with van der Waals surface area (Å²) < 4.78 is 37.3. The SMILES string of the molecule is CCC(C(=O)O)N(C)C(=O)N(CC(F)(F)F)C1CC1. The first kappa shape index (κ1) is 15.6. The van der Waals surface area contributed by atoms with Crippen molar-refractivity contribution in [1.82, 2.24) is 9.80 Å². The van der Waals surface area contributed by atoms with Crippen molar-refractivity contribution in [3.63, 3.8) is 0 Å². The summed E-state index contributed by atoms with van der Waals surface area (Å²) in [5, 5.41) is 8.93. The van der Waals surface area contributed by atoms with Crippen LogP contribution in [0.2, 0.25) is 0 Å². The summed E-state index contributed by atoms with van der Waals surface area (Å²) in [6.45, 7) is 0.227. The molecule has 1 aliphatic carbocycles. The molecule has 19 heavy (non-hydrogen) atoms. The van der Waals surface area contributed by atoms with Crippen LogP contribution in [-0.4, -0.2) is 58.8 Å². The van der Waals surface area contributed by atoms with E-state index in [1.165, 1.54) is 7.05 Å². The molecular formula is C11H17F3N2O3. The number of hydrogen-bond acceptors (Lipinski definition) is 2. The maximum absolute atomic E-state index is 12.4. The van der Waals surface area contributed by atoms with Crippen molar-refractivity contribution in [3.8, 4) is 0 Å². The maximum Gasteiger partial charge on any atom is 0.406 e. The highest BCUT2D eigenvalue weighted by Crippen LogP contribution is 2.31. The second-order valence-corrected chi connectivity index (χ2v) is 4.63. The van der Waals surface area contributed by atoms with Gasteiger partial charge in [-0.1, -0.05) is 6.92 Å². The van der Waals surface area contributed by atoms with E-state index in [0.717, 1.165) is 4.90 Å². The van der Waals surface area contributed by atoms with Crippen LogP contribution in [0, 0.1) is 0 Å². The molecule has 2 amide bonds. The number of carbonyl (C=O) groups excluding carboxylic acids is 1. The third-order valence-electron chi connectivity index (χ3n) is 3.02. The Morgan fingerprint density at radius 2 is 1.89 bits per heavy atom. The highest BCUT2D eigenvalue weighted by molar-refractivity contribution is 5.82. The van der Waals surface area contributed by atoms with Gasteiger partial charge in [0.25, 0.3) is 0 Å². The summed E-state index contributed by atoms with van der Waals surface area (Å²) in [6, 6.07) is -2.42. The number of amides is 2. The topological polar surface area (TPSA) is 60.9 Å². The van der Waals surface area contributed by atoms with Crippen LogP contribution >= 0.6 is 0 Å². The van der Waals surface area contributed by atoms with E-state index >= 15 is 0 Å². The summed E-state index contributed by atoms with van der Waals surface area (Å²) in [6.07, 6.45) is -3.29. The highest BCUT2D eigenvalue weighted by atomic mass is 19.4. The Morgan fingerprint density at radius 3 is 2.21 bits per heavy atom. The van der Waals surface area contributed by atoms with Crippen LogP contribution in [0.4, 0.5) is 18.0 Å². The molecule has 1 rings (SSSR count). The van der Waals surface area contributed by atoms with Crippen molar-refractivity contribution in [3.05, 3.63) is 0 Å². The highest BCUT2D eigenvalue weighted by Gasteiger charge is 2.42. The fourth-order valence-corrected chi connectivity index (χ4v) is 1.88. The first-order chi connectivity index (χ1) is 8.67. The number of carbonyl (C=O) groups is 2. The number of carboxylic acids is 1. The molecule has 0 aromatic rings. The number of nitrogens with zero attached hydrogens (tertiary/aromatic N) is 2. The van der Waals surface area contributed by atoms with Crippen molar-refractivity contribution < 1.29 is 27.9 Å². The lowest BCUT2D eigenvalue weighted by molar-refractivity contribution is -0.145. The van der Waals surface area contributed by atoms with Crippen LogP contribution in [0.15, 0.2) is 0 Å². The van der Waals surface area contributed by atoms with E-state index in [-0.39, 0.29) is 6.42 Å². The molecule has 0 heterocycles. The summed E-state index contributed by atoms with van der Waals surface area (Å²) in [5.74, 6) is -1.22. The zero-order chi connectivity index (χ0) is 14.8. The number of rotatable bonds is 5. The fraction of sp³-hybridized carbons (Fsp3) is 0.818. The Kier molecular flexibility index (Phi) is 4.65. The number of alkyl halides is 3. The summed E-state index contributed by atoms with van der Waals surface area (Å²) in [4.78, 5) is 24.5. The molecule has 0 spiro atoms. The predicted octanol–water partition coefficient (Wildman–Crippen LogP) is 1.93. The average Bonchev–Trinajstić information content (AvgIpc) is 3.07. The Bertz CT molecular complexity index is 356. The third-order valence-corrected chi connectivity index (χ3v) is 3.02. The molecule has 1 unspecified atom stereocenters. The summed E-state index contributed by atoms with van der Waals surface area (Å²) >= 11 is 0. The minimum atomic E-state index is -4.48. The lowest BCUT2D eigenvalue weighted by Crippen LogP contribution is -2.51. The second-order valence-electron chi connectivity index (χ2n) is 4.63. The normalized spacial score (nSPS) is 16.9. The molecule has 0 aliphatic heterocycles. The van der Waals surface area contributed by atoms with Gasteiger partial charge < -0.3 is 14.9 Å². The molecule has 1 atom stereocenters. The van der Waals surface area contributed by atoms with Crippen molar-refractivity contribution >= 4 is 12.0 Å². The smallest absolute Gasteiger partial charge is 0.406 e. The van der Waals surface area contributed by atoms with Gasteiger partial charge in [0.1, 0.15) is 12.6 Å². The number of carboxylic acid groups (broad SMARTS) is 1. The van der Waals surface area contributed by atoms with Crippen LogP contribution in [-0.2, 0) is 4.79 Å². The van der Waals surface area contributed by atoms with Crippen molar-refractivity contribution in [2.75, 3.05) is 13.6 Å². The molecule has 0 saturated heterocycles. The Hall–Kier alpha value is -1.47. The van der Waals surface area contributed by atoms with Crippen molar-refractivity contribution in [1.29, 1.82) is 0 Å². The molecule has 0 radical (unpaired) electrons. The van der Waals surface area contributed by atoms with Crippen LogP contribution in [0.25, 0.3) is 0 Å². The Morgan fingerprint density at radius 1 is 1.37 bits per heavy atom. The van der Waals surface area contributed by atoms with Crippen LogP contribution in [0.5, 0.6) is 0 Å². The zero-order valence-corrected chi connectivity index (χ0v) is 10.8. The monoisotopic (exact) mass is 282 g/mol. The number of urea groups is 1. The first-order valence-electron chi connectivity index (χ1n) is 6.00. The minimum Gasteiger partial charge on any atom is -0.480 e. The Balaban J connectivity index is 2.78. The number of aliphatic carboxylic acids is 1. The standard InChI is InChI=1S/C11H17F3N2O3/c1-3-8(9(17)18)15(2)10(19)16(7-4-5-7)6-11(12,13)14/h7-8H,3-6H2,1-2H3,(H,17,18). The van der Waals surface area contributed by atoms with E-state index in [1.807, 2.05) is 0 Å². The van der Waals surface area contributed by atoms with E-state index in [2.05, 4.69) is 0 Å². The van der Waals surface area contributed by atoms with E-state index < -0.39 is 36.8 Å². The number of likely N-dealkylation sites (N-methyl/N-ethyl adjacent to an activating group) is 1. The van der Waals surface area contributed by atoms with Crippen molar-refractivity contribution in [2.45, 2.75) is 44.4 Å². The van der Waals surface area contributed by atoms with Gasteiger partial charge in [0.05, 0.1) is 0 Å². The summed E-state index contributed by atoms with van der Waals surface area (Å²) in [5.41, 5.74) is 0. The Labute approximate surface area is 109 Å². The third kappa shape index (κ3) is 4.29. The van der Waals surface area contributed by atoms with Gasteiger partial charge in [0.2, 0.25) is 0 Å². The molecule has 110 valence electrons. The van der Waals surface area contributed by atoms with E-state index in [0.29, 0.717) is 17.7 Å². The minimum absolute atomic E-state index is 0.141. The fourth-order valence-electron chi connectivity index (χ4n) is 1.88. The molecule has 1 fully saturated rings. The second kappa shape index (κ2) is 5.66. The van der Waals surface area contributed by atoms with E-state index in [9.17, 15) is 22.8 Å². The van der Waals surface area contributed by atoms with Crippen LogP contribution in [0.3, 0.4) is 0 Å². The van der Waals surface area contributed by atoms with E-state index in [1.54, 1.807) is 6.92 Å². The van der Waals surface area contributed by atoms with Gasteiger partial charge in [-0.25, -0.2) is 9.59 Å². The van der Waals surface area contributed by atoms with Gasteiger partial charge in [-0.05, 0) is 19.3 Å². The molecule has 0 bridgehead atoms. The van der Waals surface area contributed by atoms with Gasteiger partial charge in [-0.3, -0.25) is 0 Å². The largest absolute Gasteiger partial charge is 0.480 e. The maximum atomic E-state index is 12.4. The molecule has 1 saturated carbocycles. The molecule has 5 nitrogen and oxygen atoms in total. The van der Waals surface area contributed by atoms with E-state index in [4.69, 9.17) is 5.11 Å². The number of hydrogen-bond donors (Lipinski definition) is 1. The van der Waals surface area contributed by atoms with Gasteiger partial charge in [-0.2, -0.15) is 13.2 Å². The van der Waals surface area contributed by atoms with Gasteiger partial charge in [-0.15, -0.1) is 0 Å². The van der Waals surface area contributed by atoms with Gasteiger partial charge >= 0.3 is 18.2 Å².